The van der Waals surface area contributed by atoms with E-state index >= 15 is 0 Å². The van der Waals surface area contributed by atoms with Gasteiger partial charge in [0.25, 0.3) is 0 Å². The summed E-state index contributed by atoms with van der Waals surface area (Å²) in [6.07, 6.45) is 8.95. The second-order valence-electron chi connectivity index (χ2n) is 5.36. The molecule has 2 aromatic heterocycles. The van der Waals surface area contributed by atoms with E-state index in [0.717, 1.165) is 22.5 Å². The fraction of sp³-hybridized carbons (Fsp3) is 0.500. The van der Waals surface area contributed by atoms with E-state index in [1.807, 2.05) is 25.4 Å². The van der Waals surface area contributed by atoms with Gasteiger partial charge >= 0.3 is 0 Å². The third-order valence-corrected chi connectivity index (χ3v) is 4.29. The van der Waals surface area contributed by atoms with E-state index in [9.17, 15) is 0 Å². The number of anilines is 1. The molecule has 0 unspecified atom stereocenters. The highest BCUT2D eigenvalue weighted by Gasteiger charge is 2.40. The van der Waals surface area contributed by atoms with Crippen molar-refractivity contribution in [3.05, 3.63) is 24.3 Å². The molecule has 2 fully saturated rings. The second-order valence-corrected chi connectivity index (χ2v) is 5.36. The molecule has 2 aliphatic rings. The van der Waals surface area contributed by atoms with Gasteiger partial charge in [0.2, 0.25) is 0 Å². The second kappa shape index (κ2) is 3.64. The van der Waals surface area contributed by atoms with Crippen molar-refractivity contribution in [2.45, 2.75) is 44.7 Å². The van der Waals surface area contributed by atoms with Gasteiger partial charge in [-0.05, 0) is 38.7 Å². The Labute approximate surface area is 106 Å². The van der Waals surface area contributed by atoms with Crippen LogP contribution >= 0.6 is 0 Å². The predicted octanol–water partition coefficient (Wildman–Crippen LogP) is 2.46. The standard InChI is InChI=1S/C14H16N4/c1-9-16-13-8-15-7-6-12(13)14(17-9)18-10-2-3-11(18)5-4-10/h6-8,10-11H,2-5H2,1H3. The summed E-state index contributed by atoms with van der Waals surface area (Å²) in [6.45, 7) is 1.97. The summed E-state index contributed by atoms with van der Waals surface area (Å²) in [5.74, 6) is 1.97. The third kappa shape index (κ3) is 1.35. The van der Waals surface area contributed by atoms with Crippen LogP contribution in [-0.2, 0) is 0 Å². The summed E-state index contributed by atoms with van der Waals surface area (Å²) >= 11 is 0. The molecule has 0 spiro atoms. The normalized spacial score (nSPS) is 26.2. The molecule has 2 saturated heterocycles. The quantitative estimate of drug-likeness (QED) is 0.768. The molecule has 0 amide bonds. The summed E-state index contributed by atoms with van der Waals surface area (Å²) in [6, 6.07) is 3.43. The highest BCUT2D eigenvalue weighted by atomic mass is 15.3. The molecule has 4 heteroatoms. The molecule has 4 heterocycles. The van der Waals surface area contributed by atoms with Crippen LogP contribution in [0.3, 0.4) is 0 Å². The molecule has 2 aliphatic heterocycles. The van der Waals surface area contributed by atoms with Gasteiger partial charge in [-0.2, -0.15) is 0 Å². The van der Waals surface area contributed by atoms with Crippen molar-refractivity contribution >= 4 is 16.7 Å². The Kier molecular flexibility index (Phi) is 2.07. The monoisotopic (exact) mass is 240 g/mol. The van der Waals surface area contributed by atoms with Crippen LogP contribution in [0.25, 0.3) is 10.9 Å². The summed E-state index contributed by atoms with van der Waals surface area (Å²) < 4.78 is 0. The van der Waals surface area contributed by atoms with Crippen LogP contribution in [0.4, 0.5) is 5.82 Å². The van der Waals surface area contributed by atoms with Crippen molar-refractivity contribution in [1.82, 2.24) is 15.0 Å². The van der Waals surface area contributed by atoms with Crippen LogP contribution in [0.2, 0.25) is 0 Å². The van der Waals surface area contributed by atoms with Crippen molar-refractivity contribution in [3.8, 4) is 0 Å². The zero-order valence-electron chi connectivity index (χ0n) is 10.5. The number of nitrogens with zero attached hydrogens (tertiary/aromatic N) is 4. The smallest absolute Gasteiger partial charge is 0.140 e. The minimum Gasteiger partial charge on any atom is -0.350 e. The van der Waals surface area contributed by atoms with Gasteiger partial charge in [0.1, 0.15) is 11.6 Å². The molecule has 4 nitrogen and oxygen atoms in total. The molecule has 92 valence electrons. The van der Waals surface area contributed by atoms with Gasteiger partial charge in [0.15, 0.2) is 0 Å². The largest absolute Gasteiger partial charge is 0.350 e. The molecule has 0 aromatic carbocycles. The maximum Gasteiger partial charge on any atom is 0.140 e. The van der Waals surface area contributed by atoms with E-state index in [4.69, 9.17) is 4.98 Å². The van der Waals surface area contributed by atoms with Crippen LogP contribution in [-0.4, -0.2) is 27.0 Å². The van der Waals surface area contributed by atoms with Crippen LogP contribution in [0, 0.1) is 6.92 Å². The third-order valence-electron chi connectivity index (χ3n) is 4.29. The van der Waals surface area contributed by atoms with Gasteiger partial charge in [-0.25, -0.2) is 9.97 Å². The van der Waals surface area contributed by atoms with Crippen LogP contribution < -0.4 is 4.90 Å². The fourth-order valence-electron chi connectivity index (χ4n) is 3.53. The highest BCUT2D eigenvalue weighted by molar-refractivity contribution is 5.89. The highest BCUT2D eigenvalue weighted by Crippen LogP contribution is 2.42. The number of pyridine rings is 1. The molecular formula is C14H16N4. The van der Waals surface area contributed by atoms with Crippen molar-refractivity contribution in [1.29, 1.82) is 0 Å². The maximum atomic E-state index is 4.71. The van der Waals surface area contributed by atoms with E-state index in [1.165, 1.54) is 25.7 Å². The molecule has 0 N–H and O–H groups in total. The van der Waals surface area contributed by atoms with Crippen molar-refractivity contribution in [3.63, 3.8) is 0 Å². The number of hydrogen-bond acceptors (Lipinski definition) is 4. The molecule has 0 aliphatic carbocycles. The first-order valence-electron chi connectivity index (χ1n) is 6.69. The lowest BCUT2D eigenvalue weighted by molar-refractivity contribution is 0.576. The summed E-state index contributed by atoms with van der Waals surface area (Å²) in [5.41, 5.74) is 0.964. The van der Waals surface area contributed by atoms with Gasteiger partial charge in [0.05, 0.1) is 11.7 Å². The molecule has 18 heavy (non-hydrogen) atoms. The lowest BCUT2D eigenvalue weighted by atomic mass is 10.0. The van der Waals surface area contributed by atoms with E-state index in [0.29, 0.717) is 12.1 Å². The zero-order valence-corrected chi connectivity index (χ0v) is 10.5. The first kappa shape index (κ1) is 10.2. The van der Waals surface area contributed by atoms with Gasteiger partial charge in [-0.15, -0.1) is 0 Å². The Morgan fingerprint density at radius 1 is 1.11 bits per heavy atom. The maximum absolute atomic E-state index is 4.71. The molecular weight excluding hydrogens is 224 g/mol. The van der Waals surface area contributed by atoms with Crippen molar-refractivity contribution in [2.75, 3.05) is 4.90 Å². The Hall–Kier alpha value is -1.71. The van der Waals surface area contributed by atoms with Crippen LogP contribution in [0.15, 0.2) is 18.5 Å². The van der Waals surface area contributed by atoms with Crippen LogP contribution in [0.5, 0.6) is 0 Å². The SMILES string of the molecule is Cc1nc(N2C3CCC2CC3)c2ccncc2n1. The van der Waals surface area contributed by atoms with E-state index in [2.05, 4.69) is 14.9 Å². The summed E-state index contributed by atoms with van der Waals surface area (Å²) in [5, 5.41) is 1.15. The minimum absolute atomic E-state index is 0.695. The fourth-order valence-corrected chi connectivity index (χ4v) is 3.53. The molecule has 2 aromatic rings. The minimum atomic E-state index is 0.695. The number of fused-ring (bicyclic) bond motifs is 3. The lowest BCUT2D eigenvalue weighted by Crippen LogP contribution is -2.29. The zero-order chi connectivity index (χ0) is 12.1. The Morgan fingerprint density at radius 2 is 1.83 bits per heavy atom. The van der Waals surface area contributed by atoms with E-state index < -0.39 is 0 Å². The van der Waals surface area contributed by atoms with Crippen LogP contribution in [0.1, 0.15) is 31.5 Å². The van der Waals surface area contributed by atoms with E-state index in [-0.39, 0.29) is 0 Å². The Balaban J connectivity index is 1.94. The molecule has 2 bridgehead atoms. The first-order chi connectivity index (χ1) is 8.83. The average Bonchev–Trinajstić information content (AvgIpc) is 2.97. The molecule has 4 rings (SSSR count). The summed E-state index contributed by atoms with van der Waals surface area (Å²) in [7, 11) is 0. The average molecular weight is 240 g/mol. The first-order valence-corrected chi connectivity index (χ1v) is 6.69. The number of rotatable bonds is 1. The van der Waals surface area contributed by atoms with Gasteiger partial charge < -0.3 is 4.90 Å². The topological polar surface area (TPSA) is 41.9 Å². The van der Waals surface area contributed by atoms with Gasteiger partial charge in [0, 0.05) is 23.7 Å². The number of aryl methyl sites for hydroxylation is 1. The Morgan fingerprint density at radius 3 is 2.56 bits per heavy atom. The Bertz CT molecular complexity index is 590. The molecule has 0 atom stereocenters. The lowest BCUT2D eigenvalue weighted by Gasteiger charge is -2.24. The number of hydrogen-bond donors (Lipinski definition) is 0. The van der Waals surface area contributed by atoms with Gasteiger partial charge in [-0.1, -0.05) is 0 Å². The van der Waals surface area contributed by atoms with Crippen molar-refractivity contribution in [2.24, 2.45) is 0 Å². The molecule has 0 radical (unpaired) electrons. The van der Waals surface area contributed by atoms with Crippen molar-refractivity contribution < 1.29 is 0 Å². The summed E-state index contributed by atoms with van der Waals surface area (Å²) in [4.78, 5) is 15.9. The van der Waals surface area contributed by atoms with E-state index in [1.54, 1.807) is 0 Å². The van der Waals surface area contributed by atoms with Gasteiger partial charge in [-0.3, -0.25) is 4.98 Å². The predicted molar refractivity (Wildman–Crippen MR) is 70.6 cm³/mol. The number of aromatic nitrogens is 3. The molecule has 0 saturated carbocycles.